The van der Waals surface area contributed by atoms with Crippen LogP contribution in [0.4, 0.5) is 0 Å². The molecule has 3 aliphatic rings. The van der Waals surface area contributed by atoms with Crippen LogP contribution in [0.3, 0.4) is 0 Å². The fourth-order valence-corrected chi connectivity index (χ4v) is 5.42. The molecule has 25 heavy (non-hydrogen) atoms. The highest BCUT2D eigenvalue weighted by Gasteiger charge is 2.54. The van der Waals surface area contributed by atoms with Crippen LogP contribution in [0.15, 0.2) is 0 Å². The smallest absolute Gasteiger partial charge is 0.264 e. The molecule has 4 unspecified atom stereocenters. The SMILES string of the molecule is CC12CCCCC1C(COS(C)(=O)=O)C(C#N)N(C1CCCCC1)O2. The van der Waals surface area contributed by atoms with Crippen molar-refractivity contribution in [1.82, 2.24) is 5.06 Å². The van der Waals surface area contributed by atoms with Gasteiger partial charge in [0.05, 0.1) is 24.5 Å². The fraction of sp³-hybridized carbons (Fsp3) is 0.944. The van der Waals surface area contributed by atoms with Gasteiger partial charge in [0.25, 0.3) is 10.1 Å². The Balaban J connectivity index is 1.88. The van der Waals surface area contributed by atoms with E-state index in [0.717, 1.165) is 57.6 Å². The molecular weight excluding hydrogens is 340 g/mol. The Bertz CT molecular complexity index is 611. The zero-order valence-corrected chi connectivity index (χ0v) is 16.1. The van der Waals surface area contributed by atoms with Crippen LogP contribution in [0.25, 0.3) is 0 Å². The van der Waals surface area contributed by atoms with E-state index in [2.05, 4.69) is 13.0 Å². The number of hydroxylamine groups is 2. The van der Waals surface area contributed by atoms with Gasteiger partial charge in [0.15, 0.2) is 0 Å². The molecule has 6 nitrogen and oxygen atoms in total. The molecule has 0 amide bonds. The van der Waals surface area contributed by atoms with Crippen LogP contribution in [-0.4, -0.2) is 44.0 Å². The van der Waals surface area contributed by atoms with Gasteiger partial charge in [0, 0.05) is 12.0 Å². The van der Waals surface area contributed by atoms with Crippen molar-refractivity contribution in [2.75, 3.05) is 12.9 Å². The first-order chi connectivity index (χ1) is 11.8. The lowest BCUT2D eigenvalue weighted by molar-refractivity contribution is -0.343. The van der Waals surface area contributed by atoms with E-state index in [4.69, 9.17) is 9.02 Å². The van der Waals surface area contributed by atoms with Gasteiger partial charge < -0.3 is 0 Å². The Morgan fingerprint density at radius 3 is 2.52 bits per heavy atom. The van der Waals surface area contributed by atoms with Crippen molar-refractivity contribution in [3.05, 3.63) is 0 Å². The summed E-state index contributed by atoms with van der Waals surface area (Å²) in [5.41, 5.74) is -0.325. The lowest BCUT2D eigenvalue weighted by Gasteiger charge is -2.55. The molecule has 0 N–H and O–H groups in total. The van der Waals surface area contributed by atoms with E-state index in [1.165, 1.54) is 6.42 Å². The molecule has 0 aromatic rings. The van der Waals surface area contributed by atoms with E-state index in [1.807, 2.05) is 5.06 Å². The molecule has 0 spiro atoms. The third-order valence-corrected chi connectivity index (χ3v) is 6.84. The van der Waals surface area contributed by atoms with Crippen LogP contribution in [-0.2, 0) is 19.1 Å². The molecule has 4 atom stereocenters. The van der Waals surface area contributed by atoms with E-state index >= 15 is 0 Å². The largest absolute Gasteiger partial charge is 0.291 e. The van der Waals surface area contributed by atoms with Crippen molar-refractivity contribution < 1.29 is 17.4 Å². The standard InChI is InChI=1S/C18H30N2O4S/c1-18-11-7-6-10-16(18)15(13-23-25(2,21)22)17(12-19)20(24-18)14-8-4-3-5-9-14/h14-17H,3-11,13H2,1-2H3. The monoisotopic (exact) mass is 370 g/mol. The first-order valence-electron chi connectivity index (χ1n) is 9.55. The Labute approximate surface area is 151 Å². The molecule has 0 bridgehead atoms. The molecule has 0 aromatic carbocycles. The summed E-state index contributed by atoms with van der Waals surface area (Å²) in [5, 5.41) is 11.8. The second kappa shape index (κ2) is 7.51. The van der Waals surface area contributed by atoms with Crippen LogP contribution in [0.1, 0.15) is 64.7 Å². The number of nitrogens with zero attached hydrogens (tertiary/aromatic N) is 2. The summed E-state index contributed by atoms with van der Waals surface area (Å²) in [6, 6.07) is 2.22. The maximum absolute atomic E-state index is 11.5. The number of fused-ring (bicyclic) bond motifs is 1. The Kier molecular flexibility index (Phi) is 5.74. The first kappa shape index (κ1) is 19.1. The van der Waals surface area contributed by atoms with Crippen molar-refractivity contribution in [2.45, 2.75) is 82.4 Å². The summed E-state index contributed by atoms with van der Waals surface area (Å²) in [6.07, 6.45) is 10.8. The second-order valence-corrected chi connectivity index (χ2v) is 9.78. The number of rotatable bonds is 4. The normalized spacial score (nSPS) is 38.0. The molecule has 1 heterocycles. The molecule has 0 aromatic heterocycles. The van der Waals surface area contributed by atoms with E-state index in [-0.39, 0.29) is 30.1 Å². The van der Waals surface area contributed by atoms with Gasteiger partial charge in [-0.25, -0.2) is 0 Å². The van der Waals surface area contributed by atoms with E-state index in [1.54, 1.807) is 0 Å². The minimum absolute atomic E-state index is 0.0733. The topological polar surface area (TPSA) is 79.6 Å². The summed E-state index contributed by atoms with van der Waals surface area (Å²) in [4.78, 5) is 6.49. The maximum Gasteiger partial charge on any atom is 0.264 e. The van der Waals surface area contributed by atoms with Gasteiger partial charge in [-0.2, -0.15) is 18.7 Å². The number of nitriles is 1. The van der Waals surface area contributed by atoms with Crippen LogP contribution >= 0.6 is 0 Å². The molecule has 3 rings (SSSR count). The molecule has 2 saturated carbocycles. The predicted octanol–water partition coefficient (Wildman–Crippen LogP) is 3.00. The molecular formula is C18H30N2O4S. The van der Waals surface area contributed by atoms with Gasteiger partial charge in [0.2, 0.25) is 0 Å². The van der Waals surface area contributed by atoms with E-state index < -0.39 is 16.2 Å². The summed E-state index contributed by atoms with van der Waals surface area (Å²) in [7, 11) is -3.52. The van der Waals surface area contributed by atoms with Crippen LogP contribution in [0, 0.1) is 23.2 Å². The lowest BCUT2D eigenvalue weighted by atomic mass is 9.67. The highest BCUT2D eigenvalue weighted by Crippen LogP contribution is 2.48. The molecule has 7 heteroatoms. The lowest BCUT2D eigenvalue weighted by Crippen LogP contribution is -2.63. The summed E-state index contributed by atoms with van der Waals surface area (Å²) in [6.45, 7) is 2.21. The summed E-state index contributed by atoms with van der Waals surface area (Å²) < 4.78 is 28.3. The van der Waals surface area contributed by atoms with Crippen molar-refractivity contribution in [1.29, 1.82) is 5.26 Å². The van der Waals surface area contributed by atoms with Crippen molar-refractivity contribution in [2.24, 2.45) is 11.8 Å². The van der Waals surface area contributed by atoms with Gasteiger partial charge >= 0.3 is 0 Å². The predicted molar refractivity (Wildman–Crippen MR) is 93.8 cm³/mol. The van der Waals surface area contributed by atoms with E-state index in [0.29, 0.717) is 0 Å². The minimum Gasteiger partial charge on any atom is -0.291 e. The van der Waals surface area contributed by atoms with E-state index in [9.17, 15) is 13.7 Å². The first-order valence-corrected chi connectivity index (χ1v) is 11.4. The molecule has 0 radical (unpaired) electrons. The maximum atomic E-state index is 11.5. The second-order valence-electron chi connectivity index (χ2n) is 8.13. The number of hydrogen-bond acceptors (Lipinski definition) is 6. The molecule has 3 fully saturated rings. The summed E-state index contributed by atoms with van der Waals surface area (Å²) >= 11 is 0. The molecule has 1 saturated heterocycles. The van der Waals surface area contributed by atoms with Crippen molar-refractivity contribution >= 4 is 10.1 Å². The van der Waals surface area contributed by atoms with Gasteiger partial charge in [-0.3, -0.25) is 9.02 Å². The zero-order chi connectivity index (χ0) is 18.1. The average molecular weight is 371 g/mol. The molecule has 1 aliphatic heterocycles. The minimum atomic E-state index is -3.52. The Hall–Kier alpha value is -0.680. The fourth-order valence-electron chi connectivity index (χ4n) is 5.02. The van der Waals surface area contributed by atoms with Crippen molar-refractivity contribution in [3.63, 3.8) is 0 Å². The highest BCUT2D eigenvalue weighted by atomic mass is 32.2. The van der Waals surface area contributed by atoms with Gasteiger partial charge in [-0.05, 0) is 38.5 Å². The van der Waals surface area contributed by atoms with Gasteiger partial charge in [0.1, 0.15) is 6.04 Å². The van der Waals surface area contributed by atoms with Crippen LogP contribution < -0.4 is 0 Å². The van der Waals surface area contributed by atoms with Crippen molar-refractivity contribution in [3.8, 4) is 6.07 Å². The Morgan fingerprint density at radius 1 is 1.20 bits per heavy atom. The van der Waals surface area contributed by atoms with Gasteiger partial charge in [-0.1, -0.05) is 32.1 Å². The quantitative estimate of drug-likeness (QED) is 0.708. The number of hydrogen-bond donors (Lipinski definition) is 0. The van der Waals surface area contributed by atoms with Crippen LogP contribution in [0.5, 0.6) is 0 Å². The zero-order valence-electron chi connectivity index (χ0n) is 15.3. The highest BCUT2D eigenvalue weighted by molar-refractivity contribution is 7.85. The van der Waals surface area contributed by atoms with Crippen LogP contribution in [0.2, 0.25) is 0 Å². The van der Waals surface area contributed by atoms with Gasteiger partial charge in [-0.15, -0.1) is 0 Å². The molecule has 2 aliphatic carbocycles. The third-order valence-electron chi connectivity index (χ3n) is 6.27. The Morgan fingerprint density at radius 2 is 1.88 bits per heavy atom. The molecule has 142 valence electrons. The summed E-state index contributed by atoms with van der Waals surface area (Å²) in [5.74, 6) is 0.0215. The third kappa shape index (κ3) is 4.19. The average Bonchev–Trinajstić information content (AvgIpc) is 2.58.